The Kier molecular flexibility index (Phi) is 7.82. The standard InChI is InChI=1S/C25H30N2O4/c1-3-27(17-24(29)26-21-10-6-7-11-23(21)31-2)25(30)15-14-22(28)20-13-12-18-8-4-5-9-19(18)16-20/h6-7,10-13,16H,3-5,8-9,14-15,17H2,1-2H3,(H,26,29). The molecule has 0 atom stereocenters. The highest BCUT2D eigenvalue weighted by atomic mass is 16.5. The maximum Gasteiger partial charge on any atom is 0.244 e. The van der Waals surface area contributed by atoms with E-state index in [9.17, 15) is 14.4 Å². The number of ether oxygens (including phenoxy) is 1. The van der Waals surface area contributed by atoms with E-state index in [0.717, 1.165) is 19.3 Å². The summed E-state index contributed by atoms with van der Waals surface area (Å²) >= 11 is 0. The number of fused-ring (bicyclic) bond motifs is 1. The second kappa shape index (κ2) is 10.8. The highest BCUT2D eigenvalue weighted by Crippen LogP contribution is 2.24. The number of nitrogens with one attached hydrogen (secondary N) is 1. The fourth-order valence-electron chi connectivity index (χ4n) is 3.92. The van der Waals surface area contributed by atoms with Crippen LogP contribution in [-0.2, 0) is 22.4 Å². The Morgan fingerprint density at radius 2 is 1.74 bits per heavy atom. The molecule has 164 valence electrons. The fraction of sp³-hybridized carbons (Fsp3) is 0.400. The van der Waals surface area contributed by atoms with Gasteiger partial charge in [-0.15, -0.1) is 0 Å². The zero-order valence-corrected chi connectivity index (χ0v) is 18.3. The number of amides is 2. The van der Waals surface area contributed by atoms with Crippen molar-refractivity contribution in [3.05, 3.63) is 59.2 Å². The van der Waals surface area contributed by atoms with Gasteiger partial charge in [0.25, 0.3) is 0 Å². The van der Waals surface area contributed by atoms with E-state index < -0.39 is 0 Å². The van der Waals surface area contributed by atoms with Crippen molar-refractivity contribution in [3.8, 4) is 5.75 Å². The molecule has 31 heavy (non-hydrogen) atoms. The van der Waals surface area contributed by atoms with Gasteiger partial charge >= 0.3 is 0 Å². The maximum atomic E-state index is 12.6. The van der Waals surface area contributed by atoms with Gasteiger partial charge in [0.2, 0.25) is 11.8 Å². The molecule has 1 aliphatic carbocycles. The molecule has 0 saturated heterocycles. The topological polar surface area (TPSA) is 75.7 Å². The Bertz CT molecular complexity index is 954. The number of nitrogens with zero attached hydrogens (tertiary/aromatic N) is 1. The van der Waals surface area contributed by atoms with E-state index in [1.807, 2.05) is 31.2 Å². The van der Waals surface area contributed by atoms with Gasteiger partial charge in [0, 0.05) is 24.9 Å². The van der Waals surface area contributed by atoms with Crippen LogP contribution in [0, 0.1) is 0 Å². The first-order valence-corrected chi connectivity index (χ1v) is 10.9. The van der Waals surface area contributed by atoms with Crippen LogP contribution < -0.4 is 10.1 Å². The summed E-state index contributed by atoms with van der Waals surface area (Å²) in [6, 6.07) is 13.0. The van der Waals surface area contributed by atoms with Crippen molar-refractivity contribution in [2.24, 2.45) is 0 Å². The smallest absolute Gasteiger partial charge is 0.244 e. The molecule has 0 aromatic heterocycles. The Balaban J connectivity index is 1.53. The van der Waals surface area contributed by atoms with Crippen molar-refractivity contribution < 1.29 is 19.1 Å². The Morgan fingerprint density at radius 3 is 2.48 bits per heavy atom. The van der Waals surface area contributed by atoms with E-state index in [1.54, 1.807) is 18.2 Å². The summed E-state index contributed by atoms with van der Waals surface area (Å²) in [7, 11) is 1.53. The van der Waals surface area contributed by atoms with E-state index in [0.29, 0.717) is 23.5 Å². The lowest BCUT2D eigenvalue weighted by atomic mass is 9.89. The molecule has 0 aliphatic heterocycles. The monoisotopic (exact) mass is 422 g/mol. The van der Waals surface area contributed by atoms with Crippen LogP contribution in [0.5, 0.6) is 5.75 Å². The van der Waals surface area contributed by atoms with Crippen molar-refractivity contribution in [1.82, 2.24) is 4.90 Å². The largest absolute Gasteiger partial charge is 0.495 e. The van der Waals surface area contributed by atoms with Gasteiger partial charge in [0.15, 0.2) is 5.78 Å². The van der Waals surface area contributed by atoms with Crippen LogP contribution in [0.25, 0.3) is 0 Å². The maximum absolute atomic E-state index is 12.6. The number of likely N-dealkylation sites (N-methyl/N-ethyl adjacent to an activating group) is 1. The minimum absolute atomic E-state index is 0.0313. The van der Waals surface area contributed by atoms with Crippen LogP contribution in [0.3, 0.4) is 0 Å². The summed E-state index contributed by atoms with van der Waals surface area (Å²) in [5.41, 5.74) is 3.82. The number of carbonyl (C=O) groups is 3. The molecule has 1 N–H and O–H groups in total. The number of rotatable bonds is 9. The van der Waals surface area contributed by atoms with Crippen LogP contribution in [0.1, 0.15) is 54.1 Å². The summed E-state index contributed by atoms with van der Waals surface area (Å²) in [5, 5.41) is 2.78. The molecular weight excluding hydrogens is 392 g/mol. The normalized spacial score (nSPS) is 12.6. The second-order valence-electron chi connectivity index (χ2n) is 7.77. The number of carbonyl (C=O) groups excluding carboxylic acids is 3. The van der Waals surface area contributed by atoms with E-state index in [1.165, 1.54) is 29.6 Å². The molecule has 6 nitrogen and oxygen atoms in total. The molecule has 2 amide bonds. The quantitative estimate of drug-likeness (QED) is 0.619. The third-order valence-electron chi connectivity index (χ3n) is 5.69. The second-order valence-corrected chi connectivity index (χ2v) is 7.77. The Morgan fingerprint density at radius 1 is 1.00 bits per heavy atom. The zero-order valence-electron chi connectivity index (χ0n) is 18.3. The van der Waals surface area contributed by atoms with Gasteiger partial charge in [-0.25, -0.2) is 0 Å². The molecule has 0 radical (unpaired) electrons. The lowest BCUT2D eigenvalue weighted by molar-refractivity contribution is -0.134. The lowest BCUT2D eigenvalue weighted by Gasteiger charge is -2.21. The molecule has 0 unspecified atom stereocenters. The minimum atomic E-state index is -0.305. The Labute approximate surface area is 183 Å². The summed E-state index contributed by atoms with van der Waals surface area (Å²) < 4.78 is 5.23. The van der Waals surface area contributed by atoms with Gasteiger partial charge in [-0.05, 0) is 61.9 Å². The molecule has 0 spiro atoms. The van der Waals surface area contributed by atoms with E-state index in [-0.39, 0.29) is 37.0 Å². The number of methoxy groups -OCH3 is 1. The first-order valence-electron chi connectivity index (χ1n) is 10.9. The first-order chi connectivity index (χ1) is 15.0. The van der Waals surface area contributed by atoms with E-state index in [2.05, 4.69) is 5.32 Å². The van der Waals surface area contributed by atoms with Crippen molar-refractivity contribution >= 4 is 23.3 Å². The Hall–Kier alpha value is -3.15. The molecule has 6 heteroatoms. The molecule has 0 bridgehead atoms. The van der Waals surface area contributed by atoms with Crippen molar-refractivity contribution in [1.29, 1.82) is 0 Å². The number of hydrogen-bond donors (Lipinski definition) is 1. The van der Waals surface area contributed by atoms with Gasteiger partial charge in [0.05, 0.1) is 19.3 Å². The SMILES string of the molecule is CCN(CC(=O)Nc1ccccc1OC)C(=O)CCC(=O)c1ccc2c(c1)CCCC2. The summed E-state index contributed by atoms with van der Waals surface area (Å²) in [6.07, 6.45) is 4.68. The predicted octanol–water partition coefficient (Wildman–Crippen LogP) is 4.02. The van der Waals surface area contributed by atoms with Gasteiger partial charge < -0.3 is 15.0 Å². The van der Waals surface area contributed by atoms with Crippen molar-refractivity contribution in [2.75, 3.05) is 25.5 Å². The number of ketones is 1. The summed E-state index contributed by atoms with van der Waals surface area (Å²) in [5.74, 6) is 0.0156. The number of para-hydroxylation sites is 2. The average molecular weight is 423 g/mol. The molecular formula is C25H30N2O4. The van der Waals surface area contributed by atoms with Crippen molar-refractivity contribution in [2.45, 2.75) is 45.4 Å². The van der Waals surface area contributed by atoms with Crippen LogP contribution >= 0.6 is 0 Å². The number of anilines is 1. The highest BCUT2D eigenvalue weighted by Gasteiger charge is 2.19. The van der Waals surface area contributed by atoms with Crippen LogP contribution in [-0.4, -0.2) is 42.7 Å². The predicted molar refractivity (Wildman–Crippen MR) is 121 cm³/mol. The summed E-state index contributed by atoms with van der Waals surface area (Å²) in [4.78, 5) is 39.1. The highest BCUT2D eigenvalue weighted by molar-refractivity contribution is 5.99. The number of benzene rings is 2. The van der Waals surface area contributed by atoms with Crippen LogP contribution in [0.15, 0.2) is 42.5 Å². The molecule has 2 aromatic carbocycles. The van der Waals surface area contributed by atoms with Crippen LogP contribution in [0.4, 0.5) is 5.69 Å². The molecule has 0 saturated carbocycles. The molecule has 0 fully saturated rings. The zero-order chi connectivity index (χ0) is 22.2. The molecule has 0 heterocycles. The third-order valence-corrected chi connectivity index (χ3v) is 5.69. The van der Waals surface area contributed by atoms with Crippen LogP contribution in [0.2, 0.25) is 0 Å². The van der Waals surface area contributed by atoms with E-state index >= 15 is 0 Å². The minimum Gasteiger partial charge on any atom is -0.495 e. The molecule has 1 aliphatic rings. The van der Waals surface area contributed by atoms with Gasteiger partial charge in [0.1, 0.15) is 5.75 Å². The fourth-order valence-corrected chi connectivity index (χ4v) is 3.92. The van der Waals surface area contributed by atoms with Gasteiger partial charge in [-0.1, -0.05) is 24.3 Å². The number of hydrogen-bond acceptors (Lipinski definition) is 4. The summed E-state index contributed by atoms with van der Waals surface area (Å²) in [6.45, 7) is 2.14. The molecule has 3 rings (SSSR count). The van der Waals surface area contributed by atoms with Gasteiger partial charge in [-0.2, -0.15) is 0 Å². The number of Topliss-reactive ketones (excluding diaryl/α,β-unsaturated/α-hetero) is 1. The average Bonchev–Trinajstić information content (AvgIpc) is 2.80. The van der Waals surface area contributed by atoms with Crippen molar-refractivity contribution in [3.63, 3.8) is 0 Å². The van der Waals surface area contributed by atoms with Gasteiger partial charge in [-0.3, -0.25) is 14.4 Å². The lowest BCUT2D eigenvalue weighted by Crippen LogP contribution is -2.38. The first kappa shape index (κ1) is 22.5. The third kappa shape index (κ3) is 5.94. The molecule has 2 aromatic rings. The number of aryl methyl sites for hydroxylation is 2. The van der Waals surface area contributed by atoms with E-state index in [4.69, 9.17) is 4.74 Å².